The number of aryl methyl sites for hydroxylation is 1. The van der Waals surface area contributed by atoms with E-state index in [-0.39, 0.29) is 0 Å². The van der Waals surface area contributed by atoms with Gasteiger partial charge in [0.05, 0.1) is 3.79 Å². The van der Waals surface area contributed by atoms with Crippen molar-refractivity contribution in [3.05, 3.63) is 20.8 Å². The van der Waals surface area contributed by atoms with E-state index in [1.165, 1.54) is 27.9 Å². The van der Waals surface area contributed by atoms with Gasteiger partial charge >= 0.3 is 0 Å². The molecule has 1 heterocycles. The van der Waals surface area contributed by atoms with Crippen LogP contribution in [0.1, 0.15) is 31.6 Å². The second-order valence-electron chi connectivity index (χ2n) is 3.56. The molecule has 1 nitrogen and oxygen atoms in total. The van der Waals surface area contributed by atoms with Crippen molar-refractivity contribution < 1.29 is 0 Å². The van der Waals surface area contributed by atoms with Gasteiger partial charge in [-0.3, -0.25) is 0 Å². The molecule has 0 saturated carbocycles. The quantitative estimate of drug-likeness (QED) is 0.832. The van der Waals surface area contributed by atoms with Crippen LogP contribution in [0.2, 0.25) is 0 Å². The van der Waals surface area contributed by atoms with Crippen LogP contribution in [0.25, 0.3) is 0 Å². The topological polar surface area (TPSA) is 12.0 Å². The van der Waals surface area contributed by atoms with E-state index in [4.69, 9.17) is 0 Å². The smallest absolute Gasteiger partial charge is 0.0701 e. The molecular formula is C11H18BrNS. The van der Waals surface area contributed by atoms with Crippen LogP contribution < -0.4 is 5.32 Å². The van der Waals surface area contributed by atoms with E-state index in [0.29, 0.717) is 6.04 Å². The molecule has 1 atom stereocenters. The maximum atomic E-state index is 3.48. The fourth-order valence-corrected chi connectivity index (χ4v) is 3.04. The largest absolute Gasteiger partial charge is 0.315 e. The van der Waals surface area contributed by atoms with Crippen molar-refractivity contribution in [2.45, 2.75) is 39.2 Å². The normalized spacial score (nSPS) is 13.1. The van der Waals surface area contributed by atoms with E-state index < -0.39 is 0 Å². The Morgan fingerprint density at radius 1 is 1.50 bits per heavy atom. The molecule has 0 spiro atoms. The molecule has 14 heavy (non-hydrogen) atoms. The standard InChI is InChI=1S/C11H18BrNS/c1-3-13-9(2)5-4-6-10-7-8-11(12)14-10/h7-9,13H,3-6H2,1-2H3. The molecule has 0 fully saturated rings. The second-order valence-corrected chi connectivity index (χ2v) is 6.10. The molecule has 0 amide bonds. The van der Waals surface area contributed by atoms with Gasteiger partial charge in [0.1, 0.15) is 0 Å². The average Bonchev–Trinajstić information content (AvgIpc) is 2.52. The molecule has 0 saturated heterocycles. The first kappa shape index (κ1) is 12.2. The van der Waals surface area contributed by atoms with Gasteiger partial charge in [-0.05, 0) is 60.8 Å². The van der Waals surface area contributed by atoms with Crippen LogP contribution in [0.4, 0.5) is 0 Å². The summed E-state index contributed by atoms with van der Waals surface area (Å²) in [5, 5.41) is 3.43. The Morgan fingerprint density at radius 3 is 2.86 bits per heavy atom. The molecule has 1 unspecified atom stereocenters. The molecule has 0 bridgehead atoms. The number of hydrogen-bond donors (Lipinski definition) is 1. The van der Waals surface area contributed by atoms with Crippen LogP contribution >= 0.6 is 27.3 Å². The molecule has 0 aromatic carbocycles. The van der Waals surface area contributed by atoms with Gasteiger partial charge in [-0.15, -0.1) is 11.3 Å². The highest BCUT2D eigenvalue weighted by atomic mass is 79.9. The summed E-state index contributed by atoms with van der Waals surface area (Å²) in [6.07, 6.45) is 3.76. The van der Waals surface area contributed by atoms with E-state index in [9.17, 15) is 0 Å². The van der Waals surface area contributed by atoms with Crippen molar-refractivity contribution in [2.24, 2.45) is 0 Å². The predicted octanol–water partition coefficient (Wildman–Crippen LogP) is 3.83. The molecule has 1 aromatic rings. The second kappa shape index (κ2) is 6.59. The summed E-state index contributed by atoms with van der Waals surface area (Å²) in [6, 6.07) is 5.00. The third-order valence-electron chi connectivity index (χ3n) is 2.24. The maximum Gasteiger partial charge on any atom is 0.0701 e. The first-order chi connectivity index (χ1) is 6.72. The summed E-state index contributed by atoms with van der Waals surface area (Å²) in [7, 11) is 0. The highest BCUT2D eigenvalue weighted by molar-refractivity contribution is 9.11. The molecule has 0 aliphatic heterocycles. The lowest BCUT2D eigenvalue weighted by molar-refractivity contribution is 0.513. The lowest BCUT2D eigenvalue weighted by Gasteiger charge is -2.10. The molecule has 1 aromatic heterocycles. The lowest BCUT2D eigenvalue weighted by atomic mass is 10.1. The average molecular weight is 276 g/mol. The number of rotatable bonds is 6. The minimum absolute atomic E-state index is 0.656. The predicted molar refractivity (Wildman–Crippen MR) is 68.1 cm³/mol. The van der Waals surface area contributed by atoms with Gasteiger partial charge in [0.25, 0.3) is 0 Å². The Morgan fingerprint density at radius 2 is 2.29 bits per heavy atom. The van der Waals surface area contributed by atoms with E-state index in [1.807, 2.05) is 11.3 Å². The summed E-state index contributed by atoms with van der Waals surface area (Å²) >= 11 is 5.33. The molecule has 80 valence electrons. The Bertz CT molecular complexity index is 260. The molecule has 0 aliphatic rings. The number of thiophene rings is 1. The van der Waals surface area contributed by atoms with Gasteiger partial charge in [0, 0.05) is 10.9 Å². The Hall–Kier alpha value is 0.140. The van der Waals surface area contributed by atoms with E-state index in [0.717, 1.165) is 6.54 Å². The van der Waals surface area contributed by atoms with Crippen molar-refractivity contribution in [1.82, 2.24) is 5.32 Å². The molecule has 1 rings (SSSR count). The molecule has 1 N–H and O–H groups in total. The monoisotopic (exact) mass is 275 g/mol. The Labute approximate surface area is 99.0 Å². The number of halogens is 1. The summed E-state index contributed by atoms with van der Waals surface area (Å²) < 4.78 is 1.24. The van der Waals surface area contributed by atoms with Crippen molar-refractivity contribution in [3.63, 3.8) is 0 Å². The summed E-state index contributed by atoms with van der Waals surface area (Å²) in [6.45, 7) is 5.49. The van der Waals surface area contributed by atoms with Crippen molar-refractivity contribution in [1.29, 1.82) is 0 Å². The van der Waals surface area contributed by atoms with Gasteiger partial charge in [0.15, 0.2) is 0 Å². The Kier molecular flexibility index (Phi) is 5.75. The van der Waals surface area contributed by atoms with Crippen LogP contribution in [-0.4, -0.2) is 12.6 Å². The Balaban J connectivity index is 2.15. The molecule has 0 aliphatic carbocycles. The maximum absolute atomic E-state index is 3.48. The van der Waals surface area contributed by atoms with E-state index in [1.54, 1.807) is 0 Å². The van der Waals surface area contributed by atoms with Gasteiger partial charge in [-0.2, -0.15) is 0 Å². The van der Waals surface area contributed by atoms with Crippen LogP contribution in [0.15, 0.2) is 15.9 Å². The zero-order chi connectivity index (χ0) is 10.4. The highest BCUT2D eigenvalue weighted by Gasteiger charge is 2.01. The third kappa shape index (κ3) is 4.58. The molecule has 3 heteroatoms. The lowest BCUT2D eigenvalue weighted by Crippen LogP contribution is -2.25. The van der Waals surface area contributed by atoms with E-state index in [2.05, 4.69) is 47.2 Å². The van der Waals surface area contributed by atoms with E-state index >= 15 is 0 Å². The zero-order valence-electron chi connectivity index (χ0n) is 8.85. The van der Waals surface area contributed by atoms with Gasteiger partial charge in [-0.1, -0.05) is 6.92 Å². The fraction of sp³-hybridized carbons (Fsp3) is 0.636. The zero-order valence-corrected chi connectivity index (χ0v) is 11.2. The fourth-order valence-electron chi connectivity index (χ4n) is 1.52. The minimum atomic E-state index is 0.656. The van der Waals surface area contributed by atoms with Gasteiger partial charge in [0.2, 0.25) is 0 Å². The minimum Gasteiger partial charge on any atom is -0.315 e. The highest BCUT2D eigenvalue weighted by Crippen LogP contribution is 2.23. The van der Waals surface area contributed by atoms with Crippen molar-refractivity contribution >= 4 is 27.3 Å². The molecule has 0 radical (unpaired) electrons. The summed E-state index contributed by atoms with van der Waals surface area (Å²) in [5.74, 6) is 0. The first-order valence-electron chi connectivity index (χ1n) is 5.20. The summed E-state index contributed by atoms with van der Waals surface area (Å²) in [4.78, 5) is 1.49. The van der Waals surface area contributed by atoms with Crippen molar-refractivity contribution in [3.8, 4) is 0 Å². The SMILES string of the molecule is CCNC(C)CCCc1ccc(Br)s1. The van der Waals surface area contributed by atoms with Crippen LogP contribution in [0, 0.1) is 0 Å². The molecular weight excluding hydrogens is 258 g/mol. The van der Waals surface area contributed by atoms with Crippen LogP contribution in [-0.2, 0) is 6.42 Å². The third-order valence-corrected chi connectivity index (χ3v) is 3.93. The number of nitrogens with one attached hydrogen (secondary N) is 1. The number of hydrogen-bond acceptors (Lipinski definition) is 2. The first-order valence-corrected chi connectivity index (χ1v) is 6.81. The summed E-state index contributed by atoms with van der Waals surface area (Å²) in [5.41, 5.74) is 0. The van der Waals surface area contributed by atoms with Crippen LogP contribution in [0.3, 0.4) is 0 Å². The van der Waals surface area contributed by atoms with Crippen LogP contribution in [0.5, 0.6) is 0 Å². The van der Waals surface area contributed by atoms with Gasteiger partial charge < -0.3 is 5.32 Å². The van der Waals surface area contributed by atoms with Gasteiger partial charge in [-0.25, -0.2) is 0 Å². The van der Waals surface area contributed by atoms with Crippen molar-refractivity contribution in [2.75, 3.05) is 6.54 Å².